The number of hydrogen-bond acceptors (Lipinski definition) is 3. The molecule has 1 heterocycles. The quantitative estimate of drug-likeness (QED) is 0.706. The highest BCUT2D eigenvalue weighted by Crippen LogP contribution is 2.26. The third kappa shape index (κ3) is 4.12. The molecule has 0 bridgehead atoms. The van der Waals surface area contributed by atoms with Crippen molar-refractivity contribution in [2.24, 2.45) is 0 Å². The van der Waals surface area contributed by atoms with Gasteiger partial charge in [-0.3, -0.25) is 0 Å². The van der Waals surface area contributed by atoms with E-state index in [1.54, 1.807) is 18.2 Å². The van der Waals surface area contributed by atoms with Gasteiger partial charge in [-0.2, -0.15) is 0 Å². The monoisotopic (exact) mass is 409 g/mol. The maximum atomic E-state index is 13.8. The van der Waals surface area contributed by atoms with Crippen LogP contribution < -0.4 is 4.74 Å². The lowest BCUT2D eigenvalue weighted by atomic mass is 10.1. The summed E-state index contributed by atoms with van der Waals surface area (Å²) in [6.07, 6.45) is 0. The molecule has 3 nitrogen and oxygen atoms in total. The molecule has 2 aromatic rings. The first-order chi connectivity index (χ1) is 11.6. The third-order valence-corrected chi connectivity index (χ3v) is 4.78. The van der Waals surface area contributed by atoms with Gasteiger partial charge < -0.3 is 14.4 Å². The molecule has 2 aromatic carbocycles. The largest absolute Gasteiger partial charge is 0.488 e. The van der Waals surface area contributed by atoms with E-state index < -0.39 is 0 Å². The maximum absolute atomic E-state index is 13.8. The van der Waals surface area contributed by atoms with E-state index in [1.165, 1.54) is 6.07 Å². The second kappa shape index (κ2) is 8.05. The van der Waals surface area contributed by atoms with Crippen LogP contribution >= 0.6 is 28.1 Å². The van der Waals surface area contributed by atoms with E-state index in [0.717, 1.165) is 28.1 Å². The van der Waals surface area contributed by atoms with Crippen LogP contribution in [0.25, 0.3) is 0 Å². The van der Waals surface area contributed by atoms with E-state index in [2.05, 4.69) is 20.8 Å². The van der Waals surface area contributed by atoms with Crippen LogP contribution in [0, 0.1) is 5.82 Å². The summed E-state index contributed by atoms with van der Waals surface area (Å²) < 4.78 is 25.9. The molecule has 24 heavy (non-hydrogen) atoms. The van der Waals surface area contributed by atoms with Gasteiger partial charge in [0.05, 0.1) is 18.8 Å². The molecular formula is C18H17BrFNO2S. The summed E-state index contributed by atoms with van der Waals surface area (Å²) in [4.78, 5) is 2.83. The van der Waals surface area contributed by atoms with Crippen LogP contribution in [0.5, 0.6) is 5.75 Å². The van der Waals surface area contributed by atoms with E-state index in [9.17, 15) is 4.39 Å². The average molecular weight is 410 g/mol. The topological polar surface area (TPSA) is 21.7 Å². The number of nitrogens with zero attached hydrogens (tertiary/aromatic N) is 1. The van der Waals surface area contributed by atoms with Gasteiger partial charge in [0, 0.05) is 23.1 Å². The molecule has 1 saturated heterocycles. The van der Waals surface area contributed by atoms with Crippen molar-refractivity contribution in [2.75, 3.05) is 26.3 Å². The van der Waals surface area contributed by atoms with Crippen LogP contribution in [0.15, 0.2) is 46.9 Å². The van der Waals surface area contributed by atoms with Gasteiger partial charge in [-0.05, 0) is 24.3 Å². The standard InChI is InChI=1S/C18H17BrFNO2S/c19-14-5-6-17(23-12-13-3-1-2-4-16(13)20)15(11-14)18(24)21-7-9-22-10-8-21/h1-6,11H,7-10,12H2. The number of thiocarbonyl (C=S) groups is 1. The van der Waals surface area contributed by atoms with Crippen LogP contribution in [0.3, 0.4) is 0 Å². The molecule has 0 atom stereocenters. The van der Waals surface area contributed by atoms with Crippen LogP contribution in [0.2, 0.25) is 0 Å². The molecule has 1 fully saturated rings. The Hall–Kier alpha value is -1.50. The van der Waals surface area contributed by atoms with Crippen molar-refractivity contribution in [3.05, 3.63) is 63.9 Å². The fourth-order valence-electron chi connectivity index (χ4n) is 2.50. The van der Waals surface area contributed by atoms with Crippen molar-refractivity contribution in [1.82, 2.24) is 4.90 Å². The van der Waals surface area contributed by atoms with Crippen LogP contribution in [0.4, 0.5) is 4.39 Å². The van der Waals surface area contributed by atoms with Crippen LogP contribution in [-0.4, -0.2) is 36.2 Å². The van der Waals surface area contributed by atoms with Gasteiger partial charge in [0.1, 0.15) is 23.2 Å². The molecule has 0 saturated carbocycles. The predicted molar refractivity (Wildman–Crippen MR) is 99.0 cm³/mol. The normalized spacial score (nSPS) is 14.5. The summed E-state index contributed by atoms with van der Waals surface area (Å²) in [5.74, 6) is 0.380. The molecule has 0 N–H and O–H groups in total. The minimum Gasteiger partial charge on any atom is -0.488 e. The second-order valence-electron chi connectivity index (χ2n) is 5.43. The molecule has 3 rings (SSSR count). The summed E-state index contributed by atoms with van der Waals surface area (Å²) in [7, 11) is 0. The Morgan fingerprint density at radius 3 is 2.71 bits per heavy atom. The number of halogens is 2. The van der Waals surface area contributed by atoms with E-state index in [4.69, 9.17) is 21.7 Å². The predicted octanol–water partition coefficient (Wildman–Crippen LogP) is 4.17. The highest BCUT2D eigenvalue weighted by atomic mass is 79.9. The highest BCUT2D eigenvalue weighted by Gasteiger charge is 2.19. The fraction of sp³-hybridized carbons (Fsp3) is 0.278. The summed E-state index contributed by atoms with van der Waals surface area (Å²) >= 11 is 9.12. The maximum Gasteiger partial charge on any atom is 0.130 e. The summed E-state index contributed by atoms with van der Waals surface area (Å²) in [5.41, 5.74) is 1.35. The molecule has 0 aliphatic carbocycles. The Labute approximate surface area is 154 Å². The number of benzene rings is 2. The molecule has 0 amide bonds. The second-order valence-corrected chi connectivity index (χ2v) is 6.73. The smallest absolute Gasteiger partial charge is 0.130 e. The van der Waals surface area contributed by atoms with E-state index in [1.807, 2.05) is 18.2 Å². The zero-order valence-electron chi connectivity index (χ0n) is 13.0. The summed E-state index contributed by atoms with van der Waals surface area (Å²) in [6, 6.07) is 12.3. The highest BCUT2D eigenvalue weighted by molar-refractivity contribution is 9.10. The van der Waals surface area contributed by atoms with Crippen molar-refractivity contribution in [1.29, 1.82) is 0 Å². The Balaban J connectivity index is 1.80. The van der Waals surface area contributed by atoms with Gasteiger partial charge in [-0.1, -0.05) is 46.3 Å². The molecular weight excluding hydrogens is 393 g/mol. The lowest BCUT2D eigenvalue weighted by Gasteiger charge is -2.30. The van der Waals surface area contributed by atoms with Crippen molar-refractivity contribution in [3.8, 4) is 5.75 Å². The molecule has 1 aliphatic heterocycles. The van der Waals surface area contributed by atoms with Crippen molar-refractivity contribution < 1.29 is 13.9 Å². The van der Waals surface area contributed by atoms with Gasteiger partial charge in [0.2, 0.25) is 0 Å². The number of morpholine rings is 1. The zero-order valence-corrected chi connectivity index (χ0v) is 15.4. The molecule has 0 spiro atoms. The first-order valence-electron chi connectivity index (χ1n) is 7.68. The minimum atomic E-state index is -0.271. The summed E-state index contributed by atoms with van der Waals surface area (Å²) in [6.45, 7) is 3.02. The Morgan fingerprint density at radius 2 is 1.96 bits per heavy atom. The lowest BCUT2D eigenvalue weighted by molar-refractivity contribution is 0.0692. The SMILES string of the molecule is Fc1ccccc1COc1ccc(Br)cc1C(=S)N1CCOCC1. The Kier molecular flexibility index (Phi) is 5.81. The molecule has 0 unspecified atom stereocenters. The van der Waals surface area contributed by atoms with Crippen molar-refractivity contribution in [3.63, 3.8) is 0 Å². The average Bonchev–Trinajstić information content (AvgIpc) is 2.62. The molecule has 0 radical (unpaired) electrons. The number of ether oxygens (including phenoxy) is 2. The number of rotatable bonds is 4. The minimum absolute atomic E-state index is 0.160. The van der Waals surface area contributed by atoms with Gasteiger partial charge in [-0.25, -0.2) is 4.39 Å². The van der Waals surface area contributed by atoms with Crippen molar-refractivity contribution >= 4 is 33.1 Å². The number of hydrogen-bond donors (Lipinski definition) is 0. The first kappa shape index (κ1) is 17.3. The Morgan fingerprint density at radius 1 is 1.21 bits per heavy atom. The van der Waals surface area contributed by atoms with Crippen molar-refractivity contribution in [2.45, 2.75) is 6.61 Å². The van der Waals surface area contributed by atoms with Gasteiger partial charge in [-0.15, -0.1) is 0 Å². The zero-order chi connectivity index (χ0) is 16.9. The fourth-order valence-corrected chi connectivity index (χ4v) is 3.21. The Bertz CT molecular complexity index is 735. The molecule has 1 aliphatic rings. The van der Waals surface area contributed by atoms with Gasteiger partial charge in [0.25, 0.3) is 0 Å². The van der Waals surface area contributed by atoms with Crippen LogP contribution in [0.1, 0.15) is 11.1 Å². The summed E-state index contributed by atoms with van der Waals surface area (Å²) in [5, 5.41) is 0. The lowest BCUT2D eigenvalue weighted by Crippen LogP contribution is -2.40. The first-order valence-corrected chi connectivity index (χ1v) is 8.88. The van der Waals surface area contributed by atoms with Gasteiger partial charge >= 0.3 is 0 Å². The molecule has 126 valence electrons. The molecule has 0 aromatic heterocycles. The van der Waals surface area contributed by atoms with E-state index in [0.29, 0.717) is 24.5 Å². The van der Waals surface area contributed by atoms with E-state index >= 15 is 0 Å². The van der Waals surface area contributed by atoms with Gasteiger partial charge in [0.15, 0.2) is 0 Å². The van der Waals surface area contributed by atoms with Crippen LogP contribution in [-0.2, 0) is 11.3 Å². The van der Waals surface area contributed by atoms with E-state index in [-0.39, 0.29) is 12.4 Å². The third-order valence-electron chi connectivity index (χ3n) is 3.81. The molecule has 6 heteroatoms.